The summed E-state index contributed by atoms with van der Waals surface area (Å²) in [4.78, 5) is 11.7. The Balaban J connectivity index is 2.32. The molecule has 1 fully saturated rings. The van der Waals surface area contributed by atoms with Gasteiger partial charge in [-0.15, -0.1) is 0 Å². The third-order valence-electron chi connectivity index (χ3n) is 3.04. The number of nitrogens with one attached hydrogen (secondary N) is 1. The Morgan fingerprint density at radius 2 is 2.27 bits per heavy atom. The second kappa shape index (κ2) is 5.61. The monoisotopic (exact) mass is 232 g/mol. The zero-order valence-corrected chi connectivity index (χ0v) is 10.2. The number of nitrogens with two attached hydrogens (primary N) is 1. The maximum Gasteiger partial charge on any atom is 0.224 e. The Labute approximate surface area is 93.4 Å². The first-order valence-electron chi connectivity index (χ1n) is 5.38. The first-order valence-corrected chi connectivity index (χ1v) is 7.00. The van der Waals surface area contributed by atoms with Crippen molar-refractivity contribution in [2.24, 2.45) is 11.7 Å². The molecule has 15 heavy (non-hydrogen) atoms. The van der Waals surface area contributed by atoms with E-state index in [0.29, 0.717) is 6.54 Å². The summed E-state index contributed by atoms with van der Waals surface area (Å²) in [5, 5.41) is 2.83. The summed E-state index contributed by atoms with van der Waals surface area (Å²) < 4.78 is 11.1. The average molecular weight is 232 g/mol. The fraction of sp³-hybridized carbons (Fsp3) is 0.900. The molecule has 0 saturated heterocycles. The van der Waals surface area contributed by atoms with Crippen LogP contribution >= 0.6 is 0 Å². The number of carbonyl (C=O) groups is 1. The Morgan fingerprint density at radius 1 is 1.60 bits per heavy atom. The molecule has 1 saturated carbocycles. The van der Waals surface area contributed by atoms with E-state index in [1.165, 1.54) is 0 Å². The summed E-state index contributed by atoms with van der Waals surface area (Å²) in [6.45, 7) is 2.34. The first-order chi connectivity index (χ1) is 7.02. The summed E-state index contributed by atoms with van der Waals surface area (Å²) in [6.07, 6.45) is 4.51. The minimum atomic E-state index is -0.883. The van der Waals surface area contributed by atoms with Crippen LogP contribution in [0.5, 0.6) is 0 Å². The number of amides is 1. The van der Waals surface area contributed by atoms with Crippen molar-refractivity contribution in [3.63, 3.8) is 0 Å². The van der Waals surface area contributed by atoms with Crippen molar-refractivity contribution in [1.82, 2.24) is 5.32 Å². The number of hydrogen-bond acceptors (Lipinski definition) is 3. The van der Waals surface area contributed by atoms with E-state index >= 15 is 0 Å². The number of rotatable bonds is 4. The Bertz CT molecular complexity index is 258. The second-order valence-electron chi connectivity index (χ2n) is 4.26. The highest BCUT2D eigenvalue weighted by atomic mass is 32.2. The lowest BCUT2D eigenvalue weighted by atomic mass is 10.0. The summed E-state index contributed by atoms with van der Waals surface area (Å²) in [7, 11) is -0.883. The van der Waals surface area contributed by atoms with Crippen molar-refractivity contribution in [1.29, 1.82) is 0 Å². The van der Waals surface area contributed by atoms with Gasteiger partial charge in [-0.3, -0.25) is 9.00 Å². The van der Waals surface area contributed by atoms with Crippen LogP contribution in [0.25, 0.3) is 0 Å². The van der Waals surface area contributed by atoms with Crippen LogP contribution < -0.4 is 11.1 Å². The normalized spacial score (nSPS) is 29.8. The maximum atomic E-state index is 11.7. The molecule has 0 spiro atoms. The molecule has 0 radical (unpaired) electrons. The number of carbonyl (C=O) groups excluding carboxylic acids is 1. The second-order valence-corrected chi connectivity index (χ2v) is 6.06. The molecular formula is C10H20N2O2S. The SMILES string of the molecule is CC(CNC(=O)C1CCCC1N)S(C)=O. The Morgan fingerprint density at radius 3 is 2.73 bits per heavy atom. The summed E-state index contributed by atoms with van der Waals surface area (Å²) >= 11 is 0. The van der Waals surface area contributed by atoms with Crippen molar-refractivity contribution in [3.05, 3.63) is 0 Å². The van der Waals surface area contributed by atoms with Crippen LogP contribution in [0.4, 0.5) is 0 Å². The molecule has 1 rings (SSSR count). The van der Waals surface area contributed by atoms with Gasteiger partial charge in [0.25, 0.3) is 0 Å². The van der Waals surface area contributed by atoms with Crippen molar-refractivity contribution in [2.45, 2.75) is 37.5 Å². The topological polar surface area (TPSA) is 72.2 Å². The van der Waals surface area contributed by atoms with Gasteiger partial charge in [0, 0.05) is 34.9 Å². The van der Waals surface area contributed by atoms with Crippen LogP contribution in [0, 0.1) is 5.92 Å². The summed E-state index contributed by atoms with van der Waals surface area (Å²) in [6, 6.07) is 0.00688. The molecule has 5 heteroatoms. The minimum Gasteiger partial charge on any atom is -0.355 e. The van der Waals surface area contributed by atoms with E-state index in [9.17, 15) is 9.00 Å². The Kier molecular flexibility index (Phi) is 4.73. The molecule has 4 unspecified atom stereocenters. The van der Waals surface area contributed by atoms with E-state index in [1.807, 2.05) is 6.92 Å². The molecule has 1 amide bonds. The molecule has 0 aromatic rings. The van der Waals surface area contributed by atoms with Crippen LogP contribution in [0.3, 0.4) is 0 Å². The molecular weight excluding hydrogens is 212 g/mol. The Hall–Kier alpha value is -0.420. The molecule has 0 aromatic heterocycles. The van der Waals surface area contributed by atoms with Gasteiger partial charge in [0.15, 0.2) is 0 Å². The van der Waals surface area contributed by atoms with Crippen LogP contribution in [0.2, 0.25) is 0 Å². The van der Waals surface area contributed by atoms with Gasteiger partial charge in [0.05, 0.1) is 5.92 Å². The lowest BCUT2D eigenvalue weighted by Crippen LogP contribution is -2.41. The highest BCUT2D eigenvalue weighted by Gasteiger charge is 2.30. The van der Waals surface area contributed by atoms with Crippen LogP contribution in [0.1, 0.15) is 26.2 Å². The smallest absolute Gasteiger partial charge is 0.224 e. The first kappa shape index (κ1) is 12.6. The molecule has 1 aliphatic rings. The van der Waals surface area contributed by atoms with Gasteiger partial charge in [0.2, 0.25) is 5.91 Å². The largest absolute Gasteiger partial charge is 0.355 e. The highest BCUT2D eigenvalue weighted by molar-refractivity contribution is 7.84. The third kappa shape index (κ3) is 3.57. The zero-order chi connectivity index (χ0) is 11.4. The van der Waals surface area contributed by atoms with Crippen LogP contribution in [-0.4, -0.2) is 34.2 Å². The molecule has 88 valence electrons. The summed E-state index contributed by atoms with van der Waals surface area (Å²) in [5.41, 5.74) is 5.83. The van der Waals surface area contributed by atoms with Crippen molar-refractivity contribution >= 4 is 16.7 Å². The maximum absolute atomic E-state index is 11.7. The van der Waals surface area contributed by atoms with E-state index in [4.69, 9.17) is 5.73 Å². The molecule has 0 bridgehead atoms. The zero-order valence-electron chi connectivity index (χ0n) is 9.36. The van der Waals surface area contributed by atoms with Gasteiger partial charge in [-0.25, -0.2) is 0 Å². The average Bonchev–Trinajstić information content (AvgIpc) is 2.60. The molecule has 1 aliphatic carbocycles. The lowest BCUT2D eigenvalue weighted by Gasteiger charge is -2.16. The fourth-order valence-electron chi connectivity index (χ4n) is 1.81. The van der Waals surface area contributed by atoms with Crippen molar-refractivity contribution in [3.8, 4) is 0 Å². The third-order valence-corrected chi connectivity index (χ3v) is 4.34. The lowest BCUT2D eigenvalue weighted by molar-refractivity contribution is -0.125. The van der Waals surface area contributed by atoms with E-state index in [-0.39, 0.29) is 23.1 Å². The van der Waals surface area contributed by atoms with Crippen LogP contribution in [-0.2, 0) is 15.6 Å². The standard InChI is InChI=1S/C10H20N2O2S/c1-7(15(2)14)6-12-10(13)8-4-3-5-9(8)11/h7-9H,3-6,11H2,1-2H3,(H,12,13). The van der Waals surface area contributed by atoms with Gasteiger partial charge < -0.3 is 11.1 Å². The fourth-order valence-corrected chi connectivity index (χ4v) is 2.13. The van der Waals surface area contributed by atoms with Gasteiger partial charge in [-0.2, -0.15) is 0 Å². The van der Waals surface area contributed by atoms with Gasteiger partial charge >= 0.3 is 0 Å². The van der Waals surface area contributed by atoms with Crippen molar-refractivity contribution in [2.75, 3.05) is 12.8 Å². The van der Waals surface area contributed by atoms with E-state index in [0.717, 1.165) is 19.3 Å². The molecule has 3 N–H and O–H groups in total. The molecule has 4 atom stereocenters. The molecule has 0 heterocycles. The molecule has 0 aliphatic heterocycles. The predicted molar refractivity (Wildman–Crippen MR) is 61.9 cm³/mol. The van der Waals surface area contributed by atoms with E-state index in [2.05, 4.69) is 5.32 Å². The van der Waals surface area contributed by atoms with E-state index in [1.54, 1.807) is 6.26 Å². The van der Waals surface area contributed by atoms with Gasteiger partial charge in [-0.05, 0) is 19.8 Å². The quantitative estimate of drug-likeness (QED) is 0.716. The van der Waals surface area contributed by atoms with E-state index < -0.39 is 10.8 Å². The minimum absolute atomic E-state index is 0.00609. The van der Waals surface area contributed by atoms with Gasteiger partial charge in [-0.1, -0.05) is 6.42 Å². The highest BCUT2D eigenvalue weighted by Crippen LogP contribution is 2.23. The van der Waals surface area contributed by atoms with Gasteiger partial charge in [0.1, 0.15) is 0 Å². The van der Waals surface area contributed by atoms with Crippen LogP contribution in [0.15, 0.2) is 0 Å². The number of hydrogen-bond donors (Lipinski definition) is 2. The van der Waals surface area contributed by atoms with Crippen molar-refractivity contribution < 1.29 is 9.00 Å². The molecule has 0 aromatic carbocycles. The summed E-state index contributed by atoms with van der Waals surface area (Å²) in [5.74, 6) is -0.0141. The predicted octanol–water partition coefficient (Wildman–Crippen LogP) is -0.00300. The molecule has 4 nitrogen and oxygen atoms in total.